The number of anilines is 6. The summed E-state index contributed by atoms with van der Waals surface area (Å²) in [6.45, 7) is 19.8. The SMILES string of the molecule is [2H]c1cc(N(c2cc(N(c3c(-c4ccccc4)cc(C(C)(C)C)cc3-c3ccccc3)c3csc4cc(-n5c6c([2H])c([2H])c([2H])c([2H])c6c6c([2H])c([2H])c([2H])c([2H])c65)ccc34)cc(C(C)(C)C)c2)c2c(-c3ccccc3)cc(C(C)(C)C)cc2-c2ccccc2)c([2H])c(Cl)c1[2H]. The van der Waals surface area contributed by atoms with E-state index in [4.69, 9.17) is 18.5 Å². The van der Waals surface area contributed by atoms with Crippen molar-refractivity contribution in [3.8, 4) is 50.2 Å². The topological polar surface area (TPSA) is 11.4 Å². The van der Waals surface area contributed by atoms with Crippen LogP contribution in [0.5, 0.6) is 0 Å². The first-order valence-electron chi connectivity index (χ1n) is 34.2. The van der Waals surface area contributed by atoms with Gasteiger partial charge in [0.15, 0.2) is 0 Å². The minimum atomic E-state index is -0.547. The molecule has 0 fully saturated rings. The summed E-state index contributed by atoms with van der Waals surface area (Å²) in [5.41, 5.74) is 13.8. The van der Waals surface area contributed by atoms with E-state index in [1.807, 2.05) is 66.7 Å². The van der Waals surface area contributed by atoms with E-state index in [1.165, 1.54) is 11.3 Å². The Morgan fingerprint density at radius 1 is 0.400 bits per heavy atom. The third-order valence-electron chi connectivity index (χ3n) is 16.0. The van der Waals surface area contributed by atoms with Crippen molar-refractivity contribution in [2.24, 2.45) is 0 Å². The summed E-state index contributed by atoms with van der Waals surface area (Å²) in [6.07, 6.45) is 0. The van der Waals surface area contributed by atoms with Gasteiger partial charge in [-0.3, -0.25) is 0 Å². The van der Waals surface area contributed by atoms with Gasteiger partial charge < -0.3 is 14.4 Å². The zero-order chi connectivity index (χ0) is 68.4. The summed E-state index contributed by atoms with van der Waals surface area (Å²) in [5, 5.41) is 2.75. The van der Waals surface area contributed by atoms with Gasteiger partial charge >= 0.3 is 0 Å². The minimum absolute atomic E-state index is 0.00313. The van der Waals surface area contributed by atoms with Crippen LogP contribution in [0.25, 0.3) is 82.1 Å². The quantitative estimate of drug-likeness (QED) is 0.128. The second kappa shape index (κ2) is 21.9. The van der Waals surface area contributed by atoms with Gasteiger partial charge in [0, 0.05) is 76.3 Å². The average molecular weight is 1150 g/mol. The van der Waals surface area contributed by atoms with Gasteiger partial charge in [-0.1, -0.05) is 238 Å². The van der Waals surface area contributed by atoms with Crippen LogP contribution in [0.15, 0.2) is 260 Å². The van der Waals surface area contributed by atoms with Crippen LogP contribution >= 0.6 is 22.9 Å². The maximum absolute atomic E-state index is 10.1. The van der Waals surface area contributed by atoms with Crippen LogP contribution in [-0.2, 0) is 16.2 Å². The van der Waals surface area contributed by atoms with Gasteiger partial charge in [-0.25, -0.2) is 0 Å². The Morgan fingerprint density at radius 2 is 0.812 bits per heavy atom. The third kappa shape index (κ3) is 10.5. The van der Waals surface area contributed by atoms with Crippen LogP contribution in [-0.4, -0.2) is 4.57 Å². The van der Waals surface area contributed by atoms with E-state index < -0.39 is 41.7 Å². The van der Waals surface area contributed by atoms with Crippen molar-refractivity contribution in [1.82, 2.24) is 4.57 Å². The number of hydrogen-bond donors (Lipinski definition) is 0. The summed E-state index contributed by atoms with van der Waals surface area (Å²) >= 11 is 8.62. The summed E-state index contributed by atoms with van der Waals surface area (Å²) in [4.78, 5) is 4.40. The normalized spacial score (nSPS) is 13.9. The van der Waals surface area contributed by atoms with Crippen LogP contribution < -0.4 is 9.80 Å². The lowest BCUT2D eigenvalue weighted by atomic mass is 9.81. The van der Waals surface area contributed by atoms with Crippen molar-refractivity contribution >= 4 is 89.0 Å². The van der Waals surface area contributed by atoms with Gasteiger partial charge in [-0.2, -0.15) is 0 Å². The number of fused-ring (bicyclic) bond motifs is 4. The lowest BCUT2D eigenvalue weighted by Crippen LogP contribution is -2.20. The van der Waals surface area contributed by atoms with E-state index in [2.05, 4.69) is 193 Å². The van der Waals surface area contributed by atoms with Crippen molar-refractivity contribution in [2.75, 3.05) is 9.80 Å². The minimum Gasteiger partial charge on any atom is -0.309 e. The highest BCUT2D eigenvalue weighted by atomic mass is 35.5. The fourth-order valence-corrected chi connectivity index (χ4v) is 12.6. The molecule has 0 aliphatic carbocycles. The maximum Gasteiger partial charge on any atom is 0.0661 e. The molecule has 0 saturated carbocycles. The van der Waals surface area contributed by atoms with Gasteiger partial charge in [0.2, 0.25) is 0 Å². The van der Waals surface area contributed by atoms with E-state index in [1.54, 1.807) is 10.6 Å². The second-order valence-electron chi connectivity index (χ2n) is 24.8. The average Bonchev–Trinajstić information content (AvgIpc) is 1.51. The Morgan fingerprint density at radius 3 is 1.26 bits per heavy atom. The molecule has 11 aromatic carbocycles. The van der Waals surface area contributed by atoms with Gasteiger partial charge in [0.25, 0.3) is 0 Å². The molecule has 0 aliphatic heterocycles. The van der Waals surface area contributed by atoms with E-state index in [0.717, 1.165) is 94.0 Å². The first-order chi connectivity index (χ1) is 45.5. The molecule has 13 aromatic rings. The molecule has 0 N–H and O–H groups in total. The highest BCUT2D eigenvalue weighted by molar-refractivity contribution is 7.17. The van der Waals surface area contributed by atoms with Crippen molar-refractivity contribution in [1.29, 1.82) is 0 Å². The molecule has 418 valence electrons. The molecule has 0 aliphatic rings. The summed E-state index contributed by atoms with van der Waals surface area (Å²) in [6, 6.07) is 60.1. The Hall–Kier alpha value is -8.93. The lowest BCUT2D eigenvalue weighted by Gasteiger charge is -2.36. The summed E-state index contributed by atoms with van der Waals surface area (Å²) in [7, 11) is 0. The predicted octanol–water partition coefficient (Wildman–Crippen LogP) is 24.2. The summed E-state index contributed by atoms with van der Waals surface area (Å²) in [5.74, 6) is 0. The van der Waals surface area contributed by atoms with Crippen molar-refractivity contribution in [2.45, 2.75) is 78.6 Å². The first kappa shape index (κ1) is 43.7. The van der Waals surface area contributed by atoms with E-state index in [0.29, 0.717) is 17.1 Å². The number of rotatable bonds is 11. The molecule has 0 unspecified atom stereocenters. The standard InChI is InChI=1S/C80H70ClN3S/c1-78(2,3)57-43-63(82(61-36-26-35-60(81)49-61)76-68(53-27-14-10-15-28-53)45-58(79(4,5)6)46-69(76)54-29-16-11-17-30-54)50-64(44-57)84(77-70(55-31-18-12-19-32-55)47-59(80(7,8)9)48-71(77)56-33-20-13-21-34-56)74-52-85-75-51-62(41-42-67(74)75)83-72-39-24-22-37-65(72)66-38-23-25-40-73(66)83/h10-52H,1-9H3/i22D,23D,24D,25D,26D,35D,37D,38D,39D,40D,49D. The van der Waals surface area contributed by atoms with Gasteiger partial charge in [-0.05, 0) is 146 Å². The van der Waals surface area contributed by atoms with Crippen molar-refractivity contribution < 1.29 is 15.1 Å². The number of halogens is 1. The number of thiophene rings is 1. The number of benzene rings is 11. The number of hydrogen-bond acceptors (Lipinski definition) is 3. The Kier molecular flexibility index (Phi) is 11.3. The summed E-state index contributed by atoms with van der Waals surface area (Å²) < 4.78 is 103. The molecule has 0 spiro atoms. The zero-order valence-electron chi connectivity index (χ0n) is 60.1. The van der Waals surface area contributed by atoms with Gasteiger partial charge in [0.1, 0.15) is 0 Å². The Bertz CT molecular complexity index is 5070. The Labute approximate surface area is 526 Å². The molecule has 0 atom stereocenters. The van der Waals surface area contributed by atoms with Gasteiger partial charge in [0.05, 0.1) is 43.2 Å². The van der Waals surface area contributed by atoms with Crippen LogP contribution in [0, 0.1) is 0 Å². The van der Waals surface area contributed by atoms with Crippen LogP contribution in [0.1, 0.15) is 94.1 Å². The fourth-order valence-electron chi connectivity index (χ4n) is 11.5. The molecule has 2 heterocycles. The molecule has 0 radical (unpaired) electrons. The monoisotopic (exact) mass is 1150 g/mol. The van der Waals surface area contributed by atoms with Crippen LogP contribution in [0.2, 0.25) is 5.02 Å². The molecule has 0 saturated heterocycles. The molecular formula is C80H70ClN3S. The molecule has 2 aromatic heterocycles. The zero-order valence-corrected chi connectivity index (χ0v) is 50.7. The van der Waals surface area contributed by atoms with Crippen molar-refractivity contribution in [3.05, 3.63) is 282 Å². The number of nitrogens with zero attached hydrogens (tertiary/aromatic N) is 3. The molecule has 3 nitrogen and oxygen atoms in total. The largest absolute Gasteiger partial charge is 0.309 e. The molecule has 5 heteroatoms. The smallest absolute Gasteiger partial charge is 0.0661 e. The number of aromatic nitrogens is 1. The van der Waals surface area contributed by atoms with E-state index in [9.17, 15) is 8.22 Å². The van der Waals surface area contributed by atoms with Crippen molar-refractivity contribution in [3.63, 3.8) is 0 Å². The van der Waals surface area contributed by atoms with E-state index >= 15 is 0 Å². The first-order valence-corrected chi connectivity index (χ1v) is 29.9. The Balaban J connectivity index is 1.20. The van der Waals surface area contributed by atoms with Crippen LogP contribution in [0.3, 0.4) is 0 Å². The van der Waals surface area contributed by atoms with Gasteiger partial charge in [-0.15, -0.1) is 11.3 Å². The van der Waals surface area contributed by atoms with Crippen LogP contribution in [0.4, 0.5) is 34.1 Å². The third-order valence-corrected chi connectivity index (χ3v) is 17.1. The maximum atomic E-state index is 10.1. The molecule has 0 bridgehead atoms. The van der Waals surface area contributed by atoms with E-state index in [-0.39, 0.29) is 67.9 Å². The second-order valence-corrected chi connectivity index (χ2v) is 26.1. The lowest BCUT2D eigenvalue weighted by molar-refractivity contribution is 0.590. The molecule has 85 heavy (non-hydrogen) atoms. The highest BCUT2D eigenvalue weighted by Gasteiger charge is 2.32. The number of para-hydroxylation sites is 2. The molecule has 0 amide bonds. The fraction of sp³-hybridized carbons (Fsp3) is 0.150. The predicted molar refractivity (Wildman–Crippen MR) is 368 cm³/mol. The molecule has 13 rings (SSSR count). The molecular weight excluding hydrogens is 1070 g/mol. The highest BCUT2D eigenvalue weighted by Crippen LogP contribution is 2.55.